The summed E-state index contributed by atoms with van der Waals surface area (Å²) in [7, 11) is 0. The summed E-state index contributed by atoms with van der Waals surface area (Å²) in [5.74, 6) is 1.20. The van der Waals surface area contributed by atoms with Crippen molar-refractivity contribution in [2.24, 2.45) is 5.92 Å². The molecule has 2 aromatic carbocycles. The molecule has 0 spiro atoms. The first-order valence-corrected chi connectivity index (χ1v) is 8.85. The fourth-order valence-electron chi connectivity index (χ4n) is 3.88. The first-order valence-electron chi connectivity index (χ1n) is 8.85. The van der Waals surface area contributed by atoms with Crippen LogP contribution < -0.4 is 0 Å². The number of hydrogen-bond acceptors (Lipinski definition) is 2. The Balaban J connectivity index is 1.73. The first kappa shape index (κ1) is 15.1. The van der Waals surface area contributed by atoms with Crippen LogP contribution in [0.1, 0.15) is 42.7 Å². The molecule has 4 rings (SSSR count). The second-order valence-corrected chi connectivity index (χ2v) is 6.80. The van der Waals surface area contributed by atoms with Crippen LogP contribution in [0.4, 0.5) is 0 Å². The number of imidazole rings is 1. The van der Waals surface area contributed by atoms with E-state index < -0.39 is 0 Å². The Bertz CT molecular complexity index is 859. The molecule has 1 aliphatic carbocycles. The molecule has 0 saturated heterocycles. The number of nitrogens with zero attached hydrogens (tertiary/aromatic N) is 2. The minimum atomic E-state index is 0.545. The van der Waals surface area contributed by atoms with E-state index >= 15 is 0 Å². The molecule has 0 radical (unpaired) electrons. The zero-order valence-corrected chi connectivity index (χ0v) is 13.8. The molecule has 1 aromatic heterocycles. The van der Waals surface area contributed by atoms with Gasteiger partial charge >= 0.3 is 0 Å². The summed E-state index contributed by atoms with van der Waals surface area (Å²) in [6, 6.07) is 14.8. The number of hydrogen-bond donors (Lipinski definition) is 0. The van der Waals surface area contributed by atoms with Crippen LogP contribution in [0.25, 0.3) is 22.0 Å². The molecule has 0 atom stereocenters. The van der Waals surface area contributed by atoms with Gasteiger partial charge in [0.15, 0.2) is 12.1 Å². The van der Waals surface area contributed by atoms with Gasteiger partial charge in [0.1, 0.15) is 0 Å². The number of fused-ring (bicyclic) bond motifs is 1. The minimum absolute atomic E-state index is 0.545. The fraction of sp³-hybridized carbons (Fsp3) is 0.333. The van der Waals surface area contributed by atoms with Crippen LogP contribution in [0.2, 0.25) is 0 Å². The molecule has 1 heterocycles. The Morgan fingerprint density at radius 3 is 2.62 bits per heavy atom. The fourth-order valence-corrected chi connectivity index (χ4v) is 3.88. The van der Waals surface area contributed by atoms with Crippen LogP contribution in [0.5, 0.6) is 0 Å². The number of rotatable bonds is 4. The van der Waals surface area contributed by atoms with Crippen molar-refractivity contribution in [3.8, 4) is 11.3 Å². The standard InChI is InChI=1S/C21H22N2O/c24-15-21-22-13-20(23(21)14-16-6-2-1-3-7-16)19-11-10-17-8-4-5-9-18(17)12-19/h4-5,8-13,15-16H,1-3,6-7,14H2. The van der Waals surface area contributed by atoms with Crippen LogP contribution >= 0.6 is 0 Å². The average Bonchev–Trinajstić information content (AvgIpc) is 3.05. The van der Waals surface area contributed by atoms with Crippen molar-refractivity contribution in [2.45, 2.75) is 38.6 Å². The molecule has 0 N–H and O–H groups in total. The lowest BCUT2D eigenvalue weighted by atomic mass is 9.89. The van der Waals surface area contributed by atoms with E-state index in [4.69, 9.17) is 0 Å². The van der Waals surface area contributed by atoms with Crippen LogP contribution in [0.15, 0.2) is 48.7 Å². The van der Waals surface area contributed by atoms with E-state index in [0.717, 1.165) is 24.1 Å². The molecule has 1 aliphatic rings. The van der Waals surface area contributed by atoms with Gasteiger partial charge in [-0.3, -0.25) is 4.79 Å². The van der Waals surface area contributed by atoms with Gasteiger partial charge in [0.05, 0.1) is 11.9 Å². The van der Waals surface area contributed by atoms with Gasteiger partial charge in [-0.15, -0.1) is 0 Å². The predicted molar refractivity (Wildman–Crippen MR) is 97.1 cm³/mol. The normalized spacial score (nSPS) is 15.7. The van der Waals surface area contributed by atoms with Gasteiger partial charge in [-0.05, 0) is 35.6 Å². The SMILES string of the molecule is O=Cc1ncc(-c2ccc3ccccc3c2)n1CC1CCCCC1. The van der Waals surface area contributed by atoms with Gasteiger partial charge < -0.3 is 4.57 Å². The molecule has 1 saturated carbocycles. The molecule has 1 fully saturated rings. The van der Waals surface area contributed by atoms with Crippen molar-refractivity contribution in [1.29, 1.82) is 0 Å². The minimum Gasteiger partial charge on any atom is -0.321 e. The molecule has 0 bridgehead atoms. The number of carbonyl (C=O) groups excluding carboxylic acids is 1. The van der Waals surface area contributed by atoms with Crippen molar-refractivity contribution in [2.75, 3.05) is 0 Å². The van der Waals surface area contributed by atoms with E-state index in [2.05, 4.69) is 52.0 Å². The second kappa shape index (κ2) is 6.60. The van der Waals surface area contributed by atoms with Gasteiger partial charge in [0.2, 0.25) is 0 Å². The summed E-state index contributed by atoms with van der Waals surface area (Å²) >= 11 is 0. The van der Waals surface area contributed by atoms with Crippen molar-refractivity contribution >= 4 is 17.1 Å². The molecular formula is C21H22N2O. The Morgan fingerprint density at radius 2 is 1.83 bits per heavy atom. The highest BCUT2D eigenvalue weighted by Crippen LogP contribution is 2.29. The van der Waals surface area contributed by atoms with Crippen molar-refractivity contribution in [1.82, 2.24) is 9.55 Å². The Hall–Kier alpha value is -2.42. The highest BCUT2D eigenvalue weighted by molar-refractivity contribution is 5.87. The topological polar surface area (TPSA) is 34.9 Å². The van der Waals surface area contributed by atoms with Crippen LogP contribution in [-0.2, 0) is 6.54 Å². The van der Waals surface area contributed by atoms with Gasteiger partial charge in [-0.2, -0.15) is 0 Å². The molecule has 0 unspecified atom stereocenters. The monoisotopic (exact) mass is 318 g/mol. The van der Waals surface area contributed by atoms with Crippen LogP contribution in [-0.4, -0.2) is 15.8 Å². The van der Waals surface area contributed by atoms with E-state index in [1.54, 1.807) is 0 Å². The number of carbonyl (C=O) groups is 1. The lowest BCUT2D eigenvalue weighted by molar-refractivity contribution is 0.110. The molecule has 3 heteroatoms. The zero-order valence-electron chi connectivity index (χ0n) is 13.8. The van der Waals surface area contributed by atoms with Crippen molar-refractivity contribution < 1.29 is 4.79 Å². The zero-order chi connectivity index (χ0) is 16.4. The lowest BCUT2D eigenvalue weighted by Gasteiger charge is -2.23. The van der Waals surface area contributed by atoms with Crippen LogP contribution in [0, 0.1) is 5.92 Å². The molecule has 3 nitrogen and oxygen atoms in total. The largest absolute Gasteiger partial charge is 0.321 e. The van der Waals surface area contributed by atoms with E-state index in [1.165, 1.54) is 42.9 Å². The Morgan fingerprint density at radius 1 is 1.04 bits per heavy atom. The highest BCUT2D eigenvalue weighted by Gasteiger charge is 2.18. The number of aldehydes is 1. The van der Waals surface area contributed by atoms with Gasteiger partial charge in [0, 0.05) is 12.1 Å². The summed E-state index contributed by atoms with van der Waals surface area (Å²) in [5, 5.41) is 2.45. The Kier molecular flexibility index (Phi) is 4.16. The highest BCUT2D eigenvalue weighted by atomic mass is 16.1. The maximum atomic E-state index is 11.4. The number of aromatic nitrogens is 2. The quantitative estimate of drug-likeness (QED) is 0.628. The third-order valence-electron chi connectivity index (χ3n) is 5.20. The molecule has 24 heavy (non-hydrogen) atoms. The van der Waals surface area contributed by atoms with Gasteiger partial charge in [0.25, 0.3) is 0 Å². The molecule has 0 aliphatic heterocycles. The van der Waals surface area contributed by atoms with E-state index in [-0.39, 0.29) is 0 Å². The van der Waals surface area contributed by atoms with Crippen molar-refractivity contribution in [3.05, 3.63) is 54.5 Å². The van der Waals surface area contributed by atoms with Crippen molar-refractivity contribution in [3.63, 3.8) is 0 Å². The maximum absolute atomic E-state index is 11.4. The number of benzene rings is 2. The summed E-state index contributed by atoms with van der Waals surface area (Å²) in [5.41, 5.74) is 2.18. The summed E-state index contributed by atoms with van der Waals surface area (Å²) in [4.78, 5) is 15.8. The van der Waals surface area contributed by atoms with E-state index in [9.17, 15) is 4.79 Å². The predicted octanol–water partition coefficient (Wildman–Crippen LogP) is 5.10. The molecular weight excluding hydrogens is 296 g/mol. The average molecular weight is 318 g/mol. The molecule has 122 valence electrons. The summed E-state index contributed by atoms with van der Waals surface area (Å²) < 4.78 is 2.12. The smallest absolute Gasteiger partial charge is 0.185 e. The van der Waals surface area contributed by atoms with E-state index in [1.807, 2.05) is 6.20 Å². The summed E-state index contributed by atoms with van der Waals surface area (Å²) in [6.07, 6.45) is 9.20. The van der Waals surface area contributed by atoms with E-state index in [0.29, 0.717) is 11.7 Å². The maximum Gasteiger partial charge on any atom is 0.185 e. The Labute approximate surface area is 142 Å². The second-order valence-electron chi connectivity index (χ2n) is 6.80. The van der Waals surface area contributed by atoms with Crippen LogP contribution in [0.3, 0.4) is 0 Å². The molecule has 3 aromatic rings. The first-order chi connectivity index (χ1) is 11.8. The lowest BCUT2D eigenvalue weighted by Crippen LogP contribution is -2.16. The third-order valence-corrected chi connectivity index (χ3v) is 5.20. The summed E-state index contributed by atoms with van der Waals surface area (Å²) in [6.45, 7) is 0.899. The van der Waals surface area contributed by atoms with Gasteiger partial charge in [-0.25, -0.2) is 4.98 Å². The third kappa shape index (κ3) is 2.86. The van der Waals surface area contributed by atoms with Gasteiger partial charge in [-0.1, -0.05) is 55.7 Å². The molecule has 0 amide bonds.